The van der Waals surface area contributed by atoms with E-state index in [9.17, 15) is 26.7 Å². The Morgan fingerprint density at radius 2 is 1.88 bits per heavy atom. The van der Waals surface area contributed by atoms with Crippen LogP contribution in [0.3, 0.4) is 0 Å². The van der Waals surface area contributed by atoms with Crippen molar-refractivity contribution in [2.75, 3.05) is 5.32 Å². The molecule has 1 unspecified atom stereocenters. The highest BCUT2D eigenvalue weighted by Crippen LogP contribution is 2.39. The van der Waals surface area contributed by atoms with Crippen LogP contribution in [0.4, 0.5) is 27.9 Å². The fraction of sp³-hybridized carbons (Fsp3) is 0.190. The molecule has 0 bridgehead atoms. The molecule has 0 amide bonds. The van der Waals surface area contributed by atoms with Crippen molar-refractivity contribution >= 4 is 11.9 Å². The lowest BCUT2D eigenvalue weighted by Crippen LogP contribution is -2.30. The summed E-state index contributed by atoms with van der Waals surface area (Å²) in [5.74, 6) is -4.67. The number of halogens is 5. The zero-order valence-corrected chi connectivity index (χ0v) is 16.5. The Hall–Kier alpha value is -3.76. The highest BCUT2D eigenvalue weighted by atomic mass is 19.4. The van der Waals surface area contributed by atoms with Gasteiger partial charge in [-0.2, -0.15) is 18.2 Å². The van der Waals surface area contributed by atoms with Gasteiger partial charge in [-0.25, -0.2) is 18.3 Å². The molecule has 0 radical (unpaired) electrons. The van der Waals surface area contributed by atoms with E-state index in [-0.39, 0.29) is 29.4 Å². The van der Waals surface area contributed by atoms with Gasteiger partial charge in [0.25, 0.3) is 5.82 Å². The summed E-state index contributed by atoms with van der Waals surface area (Å²) >= 11 is 0. The molecule has 0 fully saturated rings. The monoisotopic (exact) mass is 450 g/mol. The van der Waals surface area contributed by atoms with Crippen molar-refractivity contribution in [1.29, 1.82) is 0 Å². The smallest absolute Gasteiger partial charge is 0.453 e. The van der Waals surface area contributed by atoms with Crippen molar-refractivity contribution in [3.8, 4) is 0 Å². The van der Waals surface area contributed by atoms with Gasteiger partial charge in [-0.15, -0.1) is 5.10 Å². The van der Waals surface area contributed by atoms with Gasteiger partial charge in [0.1, 0.15) is 24.3 Å². The quantitative estimate of drug-likeness (QED) is 0.465. The Morgan fingerprint density at radius 1 is 1.16 bits per heavy atom. The molecule has 166 valence electrons. The summed E-state index contributed by atoms with van der Waals surface area (Å²) in [6.07, 6.45) is -4.88. The van der Waals surface area contributed by atoms with Crippen LogP contribution in [0.5, 0.6) is 0 Å². The Balaban J connectivity index is 1.78. The number of hydrogen-bond acceptors (Lipinski definition) is 5. The Morgan fingerprint density at radius 3 is 2.53 bits per heavy atom. The number of carbonyl (C=O) groups excluding carboxylic acids is 1. The Labute approximate surface area is 178 Å². The third-order valence-corrected chi connectivity index (χ3v) is 4.80. The first-order valence-electron chi connectivity index (χ1n) is 9.32. The van der Waals surface area contributed by atoms with E-state index in [1.807, 2.05) is 0 Å². The highest BCUT2D eigenvalue weighted by molar-refractivity contribution is 5.92. The molecule has 2 aromatic carbocycles. The van der Waals surface area contributed by atoms with E-state index < -0.39 is 35.6 Å². The molecule has 11 heteroatoms. The third-order valence-electron chi connectivity index (χ3n) is 4.80. The molecule has 0 saturated heterocycles. The fourth-order valence-electron chi connectivity index (χ4n) is 3.35. The van der Waals surface area contributed by atoms with Crippen LogP contribution in [0, 0.1) is 11.6 Å². The van der Waals surface area contributed by atoms with Crippen molar-refractivity contribution in [2.45, 2.75) is 25.7 Å². The molecule has 0 aliphatic carbocycles. The first-order valence-corrected chi connectivity index (χ1v) is 9.32. The highest BCUT2D eigenvalue weighted by Gasteiger charge is 2.42. The van der Waals surface area contributed by atoms with Gasteiger partial charge in [0.05, 0.1) is 5.57 Å². The van der Waals surface area contributed by atoms with Crippen LogP contribution in [-0.2, 0) is 22.3 Å². The zero-order valence-electron chi connectivity index (χ0n) is 16.5. The molecule has 1 aromatic heterocycles. The van der Waals surface area contributed by atoms with E-state index >= 15 is 0 Å². The van der Waals surface area contributed by atoms with Gasteiger partial charge in [-0.3, -0.25) is 0 Å². The summed E-state index contributed by atoms with van der Waals surface area (Å²) in [7, 11) is 0. The minimum Gasteiger partial charge on any atom is -0.457 e. The van der Waals surface area contributed by atoms with Gasteiger partial charge in [-0.05, 0) is 18.6 Å². The Kier molecular flexibility index (Phi) is 5.41. The molecule has 32 heavy (non-hydrogen) atoms. The van der Waals surface area contributed by atoms with Gasteiger partial charge in [0, 0.05) is 17.3 Å². The van der Waals surface area contributed by atoms with Crippen LogP contribution in [-0.4, -0.2) is 20.7 Å². The third kappa shape index (κ3) is 4.05. The van der Waals surface area contributed by atoms with E-state index in [4.69, 9.17) is 4.74 Å². The molecule has 3 aromatic rings. The Bertz CT molecular complexity index is 1200. The second-order valence-electron chi connectivity index (χ2n) is 7.00. The lowest BCUT2D eigenvalue weighted by atomic mass is 9.95. The molecule has 6 nitrogen and oxygen atoms in total. The zero-order chi connectivity index (χ0) is 23.0. The maximum Gasteiger partial charge on any atom is 0.453 e. The van der Waals surface area contributed by atoms with E-state index in [2.05, 4.69) is 15.4 Å². The summed E-state index contributed by atoms with van der Waals surface area (Å²) in [4.78, 5) is 16.4. The summed E-state index contributed by atoms with van der Waals surface area (Å²) in [6.45, 7) is 1.30. The number of alkyl halides is 3. The van der Waals surface area contributed by atoms with Crippen LogP contribution in [0.2, 0.25) is 0 Å². The molecule has 1 N–H and O–H groups in total. The summed E-state index contributed by atoms with van der Waals surface area (Å²) in [5, 5.41) is 6.03. The van der Waals surface area contributed by atoms with Crippen molar-refractivity contribution < 1.29 is 31.5 Å². The van der Waals surface area contributed by atoms with Crippen molar-refractivity contribution in [3.05, 3.63) is 88.4 Å². The summed E-state index contributed by atoms with van der Waals surface area (Å²) < 4.78 is 73.8. The fourth-order valence-corrected chi connectivity index (χ4v) is 3.35. The van der Waals surface area contributed by atoms with Gasteiger partial charge < -0.3 is 10.1 Å². The van der Waals surface area contributed by atoms with Gasteiger partial charge >= 0.3 is 12.1 Å². The van der Waals surface area contributed by atoms with Crippen LogP contribution in [0.15, 0.2) is 59.8 Å². The number of nitrogens with one attached hydrogen (secondary N) is 1. The number of carbonyl (C=O) groups is 1. The lowest BCUT2D eigenvalue weighted by molar-refractivity contribution is -0.145. The molecular formula is C21H15F5N4O2. The number of allylic oxidation sites excluding steroid dienone is 1. The first-order chi connectivity index (χ1) is 15.1. The number of nitrogens with zero attached hydrogens (tertiary/aromatic N) is 3. The number of rotatable bonds is 4. The molecule has 1 aliphatic rings. The largest absolute Gasteiger partial charge is 0.457 e. The number of hydrogen-bond donors (Lipinski definition) is 1. The number of benzene rings is 2. The van der Waals surface area contributed by atoms with Gasteiger partial charge in [0.15, 0.2) is 0 Å². The number of ether oxygens (including phenoxy) is 1. The average Bonchev–Trinajstić information content (AvgIpc) is 3.16. The molecule has 1 atom stereocenters. The maximum absolute atomic E-state index is 14.7. The van der Waals surface area contributed by atoms with Crippen LogP contribution in [0.25, 0.3) is 0 Å². The molecule has 1 aliphatic heterocycles. The standard InChI is InChI=1S/C21H15F5N4O2/c1-11-16(18(31)32-10-12-5-3-2-4-6-12)17(14-8-7-13(22)9-15(14)23)30-20(27-11)28-19(29-30)21(24,25)26/h2-9,17H,10H2,1H3,(H,27,28,29). The maximum atomic E-state index is 14.7. The minimum absolute atomic E-state index is 0.102. The van der Waals surface area contributed by atoms with E-state index in [1.54, 1.807) is 30.3 Å². The van der Waals surface area contributed by atoms with Crippen LogP contribution >= 0.6 is 0 Å². The average molecular weight is 450 g/mol. The summed E-state index contributed by atoms with van der Waals surface area (Å²) in [6, 6.07) is 9.78. The van der Waals surface area contributed by atoms with E-state index in [0.717, 1.165) is 16.8 Å². The number of aromatic nitrogens is 3. The topological polar surface area (TPSA) is 69.0 Å². The van der Waals surface area contributed by atoms with Gasteiger partial charge in [-0.1, -0.05) is 36.4 Å². The second kappa shape index (κ2) is 8.06. The molecular weight excluding hydrogens is 435 g/mol. The van der Waals surface area contributed by atoms with E-state index in [1.165, 1.54) is 6.92 Å². The predicted octanol–water partition coefficient (Wildman–Crippen LogP) is 4.61. The summed E-state index contributed by atoms with van der Waals surface area (Å²) in [5.41, 5.74) is 0.329. The second-order valence-corrected chi connectivity index (χ2v) is 7.00. The molecule has 4 rings (SSSR count). The molecule has 0 spiro atoms. The normalized spacial score (nSPS) is 15.9. The SMILES string of the molecule is CC1=C(C(=O)OCc2ccccc2)C(c2ccc(F)cc2F)n2nc(C(F)(F)F)nc2N1. The van der Waals surface area contributed by atoms with Gasteiger partial charge in [0.2, 0.25) is 5.95 Å². The number of anilines is 1. The van der Waals surface area contributed by atoms with Crippen LogP contribution in [0.1, 0.15) is 29.9 Å². The molecule has 0 saturated carbocycles. The van der Waals surface area contributed by atoms with Crippen molar-refractivity contribution in [3.63, 3.8) is 0 Å². The number of fused-ring (bicyclic) bond motifs is 1. The molecule has 2 heterocycles. The van der Waals surface area contributed by atoms with Crippen molar-refractivity contribution in [2.24, 2.45) is 0 Å². The first kappa shape index (κ1) is 21.5. The minimum atomic E-state index is -4.88. The van der Waals surface area contributed by atoms with Crippen molar-refractivity contribution in [1.82, 2.24) is 14.8 Å². The van der Waals surface area contributed by atoms with E-state index in [0.29, 0.717) is 11.6 Å². The lowest BCUT2D eigenvalue weighted by Gasteiger charge is -2.28. The van der Waals surface area contributed by atoms with Crippen LogP contribution < -0.4 is 5.32 Å². The predicted molar refractivity (Wildman–Crippen MR) is 102 cm³/mol. The number of esters is 1.